The lowest BCUT2D eigenvalue weighted by Gasteiger charge is -2.40. The first-order valence-corrected chi connectivity index (χ1v) is 9.61. The summed E-state index contributed by atoms with van der Waals surface area (Å²) in [7, 11) is 1.80. The fraction of sp³-hybridized carbons (Fsp3) is 0.619. The lowest BCUT2D eigenvalue weighted by molar-refractivity contribution is -0.160. The van der Waals surface area contributed by atoms with Crippen molar-refractivity contribution in [3.63, 3.8) is 0 Å². The summed E-state index contributed by atoms with van der Waals surface area (Å²) >= 11 is 0. The highest BCUT2D eigenvalue weighted by Crippen LogP contribution is 2.44. The molecular weight excluding hydrogens is 333 g/mol. The van der Waals surface area contributed by atoms with E-state index in [9.17, 15) is 14.0 Å². The molecule has 0 aromatic heterocycles. The van der Waals surface area contributed by atoms with Crippen molar-refractivity contribution in [1.29, 1.82) is 0 Å². The van der Waals surface area contributed by atoms with Crippen LogP contribution in [0.25, 0.3) is 0 Å². The number of hydrogen-bond donors (Lipinski definition) is 0. The van der Waals surface area contributed by atoms with Gasteiger partial charge in [0.15, 0.2) is 6.61 Å². The van der Waals surface area contributed by atoms with Gasteiger partial charge in [-0.05, 0) is 62.1 Å². The number of carbonyl (C=O) groups is 2. The molecule has 5 heteroatoms. The second kappa shape index (κ2) is 7.77. The lowest BCUT2D eigenvalue weighted by Crippen LogP contribution is -2.46. The van der Waals surface area contributed by atoms with Gasteiger partial charge in [0.25, 0.3) is 5.91 Å². The number of likely N-dealkylation sites (N-methyl/N-ethyl adjacent to an activating group) is 1. The number of esters is 1. The Morgan fingerprint density at radius 3 is 2.31 bits per heavy atom. The van der Waals surface area contributed by atoms with E-state index in [-0.39, 0.29) is 30.3 Å². The van der Waals surface area contributed by atoms with Crippen LogP contribution in [0.2, 0.25) is 0 Å². The largest absolute Gasteiger partial charge is 0.455 e. The van der Waals surface area contributed by atoms with Gasteiger partial charge in [-0.1, -0.05) is 25.5 Å². The first-order valence-electron chi connectivity index (χ1n) is 9.61. The Morgan fingerprint density at radius 2 is 1.77 bits per heavy atom. The van der Waals surface area contributed by atoms with Crippen molar-refractivity contribution in [2.45, 2.75) is 63.3 Å². The van der Waals surface area contributed by atoms with Gasteiger partial charge in [0.1, 0.15) is 5.82 Å². The number of benzene rings is 1. The quantitative estimate of drug-likeness (QED) is 0.749. The minimum atomic E-state index is -0.715. The summed E-state index contributed by atoms with van der Waals surface area (Å²) in [6.07, 6.45) is 6.59. The zero-order valence-electron chi connectivity index (χ0n) is 15.7. The van der Waals surface area contributed by atoms with Gasteiger partial charge in [-0.15, -0.1) is 0 Å². The topological polar surface area (TPSA) is 46.6 Å². The highest BCUT2D eigenvalue weighted by molar-refractivity contribution is 5.87. The van der Waals surface area contributed by atoms with E-state index in [1.165, 1.54) is 12.1 Å². The standard InChI is InChI=1S/C21H28FNO3/c1-15-4-10-18(11-5-15)23(2)19(24)14-26-20(25)21(12-3-13-21)16-6-8-17(22)9-7-16/h6-9,15,18H,3-5,10-14H2,1-2H3. The number of carbonyl (C=O) groups excluding carboxylic acids is 2. The Kier molecular flexibility index (Phi) is 5.64. The Labute approximate surface area is 154 Å². The first-order chi connectivity index (χ1) is 12.4. The van der Waals surface area contributed by atoms with E-state index in [1.807, 2.05) is 0 Å². The summed E-state index contributed by atoms with van der Waals surface area (Å²) in [6, 6.07) is 6.27. The molecule has 0 spiro atoms. The smallest absolute Gasteiger partial charge is 0.317 e. The van der Waals surface area contributed by atoms with Crippen molar-refractivity contribution in [1.82, 2.24) is 4.90 Å². The van der Waals surface area contributed by atoms with Crippen molar-refractivity contribution < 1.29 is 18.7 Å². The molecular formula is C21H28FNO3. The summed E-state index contributed by atoms with van der Waals surface area (Å²) in [4.78, 5) is 26.9. The number of halogens is 1. The molecule has 0 aliphatic heterocycles. The minimum Gasteiger partial charge on any atom is -0.455 e. The number of amides is 1. The molecule has 1 aromatic carbocycles. The Hall–Kier alpha value is -1.91. The SMILES string of the molecule is CC1CCC(N(C)C(=O)COC(=O)C2(c3ccc(F)cc3)CCC2)CC1. The summed E-state index contributed by atoms with van der Waals surface area (Å²) < 4.78 is 18.6. The molecule has 2 aliphatic carbocycles. The molecule has 0 heterocycles. The zero-order valence-corrected chi connectivity index (χ0v) is 15.7. The van der Waals surface area contributed by atoms with Crippen LogP contribution in [0.1, 0.15) is 57.4 Å². The second-order valence-electron chi connectivity index (χ2n) is 7.94. The number of ether oxygens (including phenoxy) is 1. The molecule has 0 N–H and O–H groups in total. The molecule has 4 nitrogen and oxygen atoms in total. The first kappa shape index (κ1) is 18.9. The van der Waals surface area contributed by atoms with Crippen LogP contribution in [0.5, 0.6) is 0 Å². The van der Waals surface area contributed by atoms with Gasteiger partial charge in [-0.2, -0.15) is 0 Å². The zero-order chi connectivity index (χ0) is 18.7. The highest BCUT2D eigenvalue weighted by Gasteiger charge is 2.47. The van der Waals surface area contributed by atoms with Crippen LogP contribution < -0.4 is 0 Å². The van der Waals surface area contributed by atoms with E-state index in [0.29, 0.717) is 12.8 Å². The van der Waals surface area contributed by atoms with Crippen molar-refractivity contribution in [2.75, 3.05) is 13.7 Å². The van der Waals surface area contributed by atoms with Crippen LogP contribution >= 0.6 is 0 Å². The molecule has 2 saturated carbocycles. The van der Waals surface area contributed by atoms with Gasteiger partial charge in [0, 0.05) is 13.1 Å². The molecule has 26 heavy (non-hydrogen) atoms. The normalized spacial score (nSPS) is 24.4. The van der Waals surface area contributed by atoms with E-state index in [4.69, 9.17) is 4.74 Å². The fourth-order valence-corrected chi connectivity index (χ4v) is 4.11. The molecule has 3 rings (SSSR count). The average Bonchev–Trinajstić information content (AvgIpc) is 2.60. The van der Waals surface area contributed by atoms with Crippen LogP contribution in [0, 0.1) is 11.7 Å². The molecule has 1 aromatic rings. The van der Waals surface area contributed by atoms with Gasteiger partial charge >= 0.3 is 5.97 Å². The summed E-state index contributed by atoms with van der Waals surface area (Å²) in [5.74, 6) is -0.113. The molecule has 2 fully saturated rings. The third kappa shape index (κ3) is 3.76. The van der Waals surface area contributed by atoms with Crippen LogP contribution in [-0.4, -0.2) is 36.5 Å². The van der Waals surface area contributed by atoms with Gasteiger partial charge < -0.3 is 9.64 Å². The molecule has 1 amide bonds. The molecule has 0 unspecified atom stereocenters. The maximum Gasteiger partial charge on any atom is 0.317 e. The van der Waals surface area contributed by atoms with Crippen molar-refractivity contribution in [3.05, 3.63) is 35.6 Å². The Balaban J connectivity index is 1.57. The molecule has 0 atom stereocenters. The predicted octanol–water partition coefficient (Wildman–Crippen LogP) is 3.83. The molecule has 2 aliphatic rings. The third-order valence-corrected chi connectivity index (χ3v) is 6.25. The maximum absolute atomic E-state index is 13.2. The van der Waals surface area contributed by atoms with E-state index in [0.717, 1.165) is 43.6 Å². The van der Waals surface area contributed by atoms with Gasteiger partial charge in [0.05, 0.1) is 5.41 Å². The van der Waals surface area contributed by atoms with Crippen molar-refractivity contribution in [3.8, 4) is 0 Å². The fourth-order valence-electron chi connectivity index (χ4n) is 4.11. The lowest BCUT2D eigenvalue weighted by atomic mass is 9.64. The van der Waals surface area contributed by atoms with Gasteiger partial charge in [0.2, 0.25) is 0 Å². The maximum atomic E-state index is 13.2. The van der Waals surface area contributed by atoms with Crippen molar-refractivity contribution in [2.24, 2.45) is 5.92 Å². The van der Waals surface area contributed by atoms with Gasteiger partial charge in [-0.3, -0.25) is 9.59 Å². The molecule has 0 bridgehead atoms. The molecule has 0 radical (unpaired) electrons. The van der Waals surface area contributed by atoms with Crippen molar-refractivity contribution >= 4 is 11.9 Å². The summed E-state index contributed by atoms with van der Waals surface area (Å²) in [6.45, 7) is 2.03. The number of nitrogens with zero attached hydrogens (tertiary/aromatic N) is 1. The van der Waals surface area contributed by atoms with E-state index in [2.05, 4.69) is 6.92 Å². The van der Waals surface area contributed by atoms with E-state index < -0.39 is 5.41 Å². The summed E-state index contributed by atoms with van der Waals surface area (Å²) in [5, 5.41) is 0. The van der Waals surface area contributed by atoms with Gasteiger partial charge in [-0.25, -0.2) is 4.39 Å². The van der Waals surface area contributed by atoms with Crippen LogP contribution in [0.3, 0.4) is 0 Å². The average molecular weight is 361 g/mol. The minimum absolute atomic E-state index is 0.147. The summed E-state index contributed by atoms with van der Waals surface area (Å²) in [5.41, 5.74) is 0.0598. The van der Waals surface area contributed by atoms with Crippen LogP contribution in [0.15, 0.2) is 24.3 Å². The number of hydrogen-bond acceptors (Lipinski definition) is 3. The molecule has 0 saturated heterocycles. The van der Waals surface area contributed by atoms with E-state index >= 15 is 0 Å². The monoisotopic (exact) mass is 361 g/mol. The third-order valence-electron chi connectivity index (χ3n) is 6.25. The predicted molar refractivity (Wildman–Crippen MR) is 97.1 cm³/mol. The Morgan fingerprint density at radius 1 is 1.15 bits per heavy atom. The Bertz CT molecular complexity index is 646. The van der Waals surface area contributed by atoms with Crippen LogP contribution in [-0.2, 0) is 19.7 Å². The second-order valence-corrected chi connectivity index (χ2v) is 7.94. The van der Waals surface area contributed by atoms with E-state index in [1.54, 1.807) is 24.1 Å². The van der Waals surface area contributed by atoms with Crippen LogP contribution in [0.4, 0.5) is 4.39 Å². The highest BCUT2D eigenvalue weighted by atomic mass is 19.1. The number of rotatable bonds is 5. The molecule has 142 valence electrons.